The van der Waals surface area contributed by atoms with Gasteiger partial charge in [0.25, 0.3) is 0 Å². The van der Waals surface area contributed by atoms with Crippen molar-refractivity contribution in [3.05, 3.63) is 30.1 Å². The summed E-state index contributed by atoms with van der Waals surface area (Å²) < 4.78 is 0. The molecule has 0 aliphatic carbocycles. The second-order valence-electron chi connectivity index (χ2n) is 3.14. The zero-order chi connectivity index (χ0) is 9.26. The monoisotopic (exact) mass is 173 g/mol. The third kappa shape index (κ3) is 1.59. The molecule has 3 nitrogen and oxygen atoms in total. The van der Waals surface area contributed by atoms with Gasteiger partial charge in [0, 0.05) is 23.9 Å². The molecule has 1 aliphatic rings. The van der Waals surface area contributed by atoms with Crippen LogP contribution in [0.3, 0.4) is 0 Å². The Morgan fingerprint density at radius 2 is 2.23 bits per heavy atom. The van der Waals surface area contributed by atoms with Crippen LogP contribution in [0.4, 0.5) is 5.82 Å². The number of aliphatic imine (C=N–C) groups is 1. The van der Waals surface area contributed by atoms with Crippen LogP contribution in [-0.4, -0.2) is 10.7 Å². The molecule has 2 N–H and O–H groups in total. The molecule has 0 radical (unpaired) electrons. The summed E-state index contributed by atoms with van der Waals surface area (Å²) >= 11 is 0. The first-order chi connectivity index (χ1) is 6.25. The topological polar surface area (TPSA) is 51.3 Å². The van der Waals surface area contributed by atoms with E-state index in [1.165, 1.54) is 0 Å². The average molecular weight is 173 g/mol. The predicted octanol–water partition coefficient (Wildman–Crippen LogP) is 1.87. The fourth-order valence-electron chi connectivity index (χ4n) is 1.34. The van der Waals surface area contributed by atoms with E-state index in [0.29, 0.717) is 5.82 Å². The van der Waals surface area contributed by atoms with E-state index in [1.54, 1.807) is 6.07 Å². The van der Waals surface area contributed by atoms with Crippen molar-refractivity contribution >= 4 is 17.1 Å². The van der Waals surface area contributed by atoms with Crippen LogP contribution in [0.15, 0.2) is 29.4 Å². The molecule has 0 spiro atoms. The molecule has 3 heteroatoms. The zero-order valence-electron chi connectivity index (χ0n) is 7.49. The van der Waals surface area contributed by atoms with E-state index in [0.717, 1.165) is 23.4 Å². The van der Waals surface area contributed by atoms with Crippen molar-refractivity contribution in [1.29, 1.82) is 0 Å². The average Bonchev–Trinajstić information content (AvgIpc) is 2.52. The number of pyridine rings is 1. The molecule has 0 bridgehead atoms. The van der Waals surface area contributed by atoms with Crippen LogP contribution in [0.2, 0.25) is 0 Å². The summed E-state index contributed by atoms with van der Waals surface area (Å²) in [6, 6.07) is 5.65. The molecule has 0 saturated carbocycles. The quantitative estimate of drug-likeness (QED) is 0.704. The number of hydrogen-bond acceptors (Lipinski definition) is 3. The molecule has 0 saturated heterocycles. The van der Waals surface area contributed by atoms with Gasteiger partial charge in [-0.15, -0.1) is 0 Å². The van der Waals surface area contributed by atoms with Gasteiger partial charge < -0.3 is 5.73 Å². The Bertz CT molecular complexity index is 391. The van der Waals surface area contributed by atoms with Crippen molar-refractivity contribution in [3.63, 3.8) is 0 Å². The number of hydrogen-bond donors (Lipinski definition) is 1. The highest BCUT2D eigenvalue weighted by Gasteiger charge is 2.09. The van der Waals surface area contributed by atoms with E-state index in [2.05, 4.69) is 9.98 Å². The maximum Gasteiger partial charge on any atom is 0.124 e. The van der Waals surface area contributed by atoms with Crippen molar-refractivity contribution in [2.75, 3.05) is 5.73 Å². The lowest BCUT2D eigenvalue weighted by molar-refractivity contribution is 1.26. The summed E-state index contributed by atoms with van der Waals surface area (Å²) in [6.07, 6.45) is 2.74. The van der Waals surface area contributed by atoms with Crippen molar-refractivity contribution in [1.82, 2.24) is 4.98 Å². The van der Waals surface area contributed by atoms with Gasteiger partial charge in [-0.3, -0.25) is 4.99 Å². The van der Waals surface area contributed by atoms with Crippen molar-refractivity contribution in [2.24, 2.45) is 4.99 Å². The minimum Gasteiger partial charge on any atom is -0.384 e. The van der Waals surface area contributed by atoms with Gasteiger partial charge in [-0.25, -0.2) is 4.98 Å². The van der Waals surface area contributed by atoms with Crippen molar-refractivity contribution in [2.45, 2.75) is 13.3 Å². The van der Waals surface area contributed by atoms with Crippen LogP contribution in [-0.2, 0) is 0 Å². The lowest BCUT2D eigenvalue weighted by Crippen LogP contribution is -1.95. The summed E-state index contributed by atoms with van der Waals surface area (Å²) in [4.78, 5) is 8.42. The Kier molecular flexibility index (Phi) is 1.85. The van der Waals surface area contributed by atoms with Crippen LogP contribution in [0, 0.1) is 0 Å². The third-order valence-corrected chi connectivity index (χ3v) is 1.99. The van der Waals surface area contributed by atoms with E-state index in [1.807, 2.05) is 25.3 Å². The lowest BCUT2D eigenvalue weighted by Gasteiger charge is -2.01. The van der Waals surface area contributed by atoms with Crippen LogP contribution in [0.25, 0.3) is 5.57 Å². The molecule has 1 aliphatic heterocycles. The first kappa shape index (κ1) is 7.98. The van der Waals surface area contributed by atoms with E-state index in [9.17, 15) is 0 Å². The fourth-order valence-corrected chi connectivity index (χ4v) is 1.34. The number of allylic oxidation sites excluding steroid dienone is 1. The summed E-state index contributed by atoms with van der Waals surface area (Å²) in [7, 11) is 0. The van der Waals surface area contributed by atoms with Gasteiger partial charge in [-0.05, 0) is 19.1 Å². The molecule has 1 aromatic rings. The normalized spacial score (nSPS) is 15.5. The molecule has 2 rings (SSSR count). The zero-order valence-corrected chi connectivity index (χ0v) is 7.49. The Balaban J connectivity index is 2.29. The van der Waals surface area contributed by atoms with Crippen LogP contribution in [0.5, 0.6) is 0 Å². The maximum atomic E-state index is 5.59. The van der Waals surface area contributed by atoms with Crippen LogP contribution >= 0.6 is 0 Å². The highest BCUT2D eigenvalue weighted by molar-refractivity contribution is 5.96. The molecule has 66 valence electrons. The Morgan fingerprint density at radius 1 is 1.38 bits per heavy atom. The minimum atomic E-state index is 0.558. The number of aromatic nitrogens is 1. The fraction of sp³-hybridized carbons (Fsp3) is 0.200. The summed E-state index contributed by atoms with van der Waals surface area (Å²) in [5.41, 5.74) is 8.78. The van der Waals surface area contributed by atoms with E-state index in [-0.39, 0.29) is 0 Å². The highest BCUT2D eigenvalue weighted by Crippen LogP contribution is 2.22. The van der Waals surface area contributed by atoms with Crippen molar-refractivity contribution < 1.29 is 0 Å². The Hall–Kier alpha value is -1.64. The van der Waals surface area contributed by atoms with Gasteiger partial charge in [0.1, 0.15) is 5.82 Å². The minimum absolute atomic E-state index is 0.558. The molecular weight excluding hydrogens is 162 g/mol. The molecule has 0 atom stereocenters. The second-order valence-corrected chi connectivity index (χ2v) is 3.14. The van der Waals surface area contributed by atoms with Crippen molar-refractivity contribution in [3.8, 4) is 0 Å². The smallest absolute Gasteiger partial charge is 0.124 e. The molecule has 0 fully saturated rings. The van der Waals surface area contributed by atoms with E-state index in [4.69, 9.17) is 5.73 Å². The first-order valence-electron chi connectivity index (χ1n) is 4.21. The van der Waals surface area contributed by atoms with Gasteiger partial charge in [0.15, 0.2) is 0 Å². The van der Waals surface area contributed by atoms with Gasteiger partial charge in [0.2, 0.25) is 0 Å². The van der Waals surface area contributed by atoms with Gasteiger partial charge in [-0.2, -0.15) is 0 Å². The summed E-state index contributed by atoms with van der Waals surface area (Å²) in [5, 5.41) is 0. The number of nitrogens with zero attached hydrogens (tertiary/aromatic N) is 2. The van der Waals surface area contributed by atoms with Crippen LogP contribution in [0.1, 0.15) is 19.0 Å². The molecule has 0 unspecified atom stereocenters. The van der Waals surface area contributed by atoms with Gasteiger partial charge in [-0.1, -0.05) is 6.07 Å². The molecule has 13 heavy (non-hydrogen) atoms. The van der Waals surface area contributed by atoms with E-state index >= 15 is 0 Å². The second kappa shape index (κ2) is 3.01. The van der Waals surface area contributed by atoms with Crippen LogP contribution < -0.4 is 5.73 Å². The number of nitrogen functional groups attached to an aromatic ring is 1. The highest BCUT2D eigenvalue weighted by atomic mass is 14.8. The SMILES string of the molecule is CC1=NC=C(c2cccc(N)n2)C1. The largest absolute Gasteiger partial charge is 0.384 e. The molecular formula is C10H11N3. The maximum absolute atomic E-state index is 5.59. The van der Waals surface area contributed by atoms with Gasteiger partial charge >= 0.3 is 0 Å². The number of anilines is 1. The van der Waals surface area contributed by atoms with E-state index < -0.39 is 0 Å². The Labute approximate surface area is 77.0 Å². The van der Waals surface area contributed by atoms with Gasteiger partial charge in [0.05, 0.1) is 5.69 Å². The molecule has 2 heterocycles. The third-order valence-electron chi connectivity index (χ3n) is 1.99. The lowest BCUT2D eigenvalue weighted by atomic mass is 10.1. The number of rotatable bonds is 1. The molecule has 0 aromatic carbocycles. The number of nitrogens with two attached hydrogens (primary N) is 1. The molecule has 1 aromatic heterocycles. The standard InChI is InChI=1S/C10H11N3/c1-7-5-8(6-12-7)9-3-2-4-10(11)13-9/h2-4,6H,5H2,1H3,(H2,11,13). The predicted molar refractivity (Wildman–Crippen MR) is 54.4 cm³/mol. The molecule has 0 amide bonds. The summed E-state index contributed by atoms with van der Waals surface area (Å²) in [5.74, 6) is 0.558. The first-order valence-corrected chi connectivity index (χ1v) is 4.21. The summed E-state index contributed by atoms with van der Waals surface area (Å²) in [6.45, 7) is 2.01. The Morgan fingerprint density at radius 3 is 2.85 bits per heavy atom.